The Morgan fingerprint density at radius 2 is 2.05 bits per heavy atom. The van der Waals surface area contributed by atoms with Crippen molar-refractivity contribution in [2.24, 2.45) is 0 Å². The lowest BCUT2D eigenvalue weighted by molar-refractivity contribution is -0.141. The lowest BCUT2D eigenvalue weighted by Gasteiger charge is -2.13. The average molecular weight is 267 g/mol. The van der Waals surface area contributed by atoms with Crippen molar-refractivity contribution in [3.63, 3.8) is 0 Å². The fourth-order valence-corrected chi connectivity index (χ4v) is 1.44. The van der Waals surface area contributed by atoms with E-state index in [1.54, 1.807) is 6.92 Å². The van der Waals surface area contributed by atoms with Crippen molar-refractivity contribution in [2.45, 2.75) is 25.8 Å². The highest BCUT2D eigenvalue weighted by molar-refractivity contribution is 5.97. The van der Waals surface area contributed by atoms with Gasteiger partial charge < -0.3 is 10.4 Å². The normalized spacial score (nSPS) is 11.7. The van der Waals surface area contributed by atoms with Gasteiger partial charge in [-0.1, -0.05) is 13.0 Å². The minimum absolute atomic E-state index is 0.00944. The van der Waals surface area contributed by atoms with Crippen LogP contribution in [0.2, 0.25) is 0 Å². The zero-order valence-electron chi connectivity index (χ0n) is 10.4. The van der Waals surface area contributed by atoms with Crippen molar-refractivity contribution < 1.29 is 23.9 Å². The molecule has 1 atom stereocenters. The number of hydrogen-bond acceptors (Lipinski definition) is 3. The number of ketones is 1. The number of halogens is 1. The van der Waals surface area contributed by atoms with Gasteiger partial charge in [-0.05, 0) is 18.2 Å². The van der Waals surface area contributed by atoms with E-state index in [1.165, 1.54) is 18.2 Å². The second-order valence-corrected chi connectivity index (χ2v) is 3.97. The number of carboxylic acids is 1. The molecule has 0 heterocycles. The molecular formula is C13H14FNO4. The first-order chi connectivity index (χ1) is 8.93. The lowest BCUT2D eigenvalue weighted by Crippen LogP contribution is -2.42. The van der Waals surface area contributed by atoms with Gasteiger partial charge in [0, 0.05) is 18.4 Å². The van der Waals surface area contributed by atoms with Gasteiger partial charge in [0.05, 0.1) is 0 Å². The molecule has 0 aliphatic carbocycles. The van der Waals surface area contributed by atoms with E-state index in [1.807, 2.05) is 0 Å². The van der Waals surface area contributed by atoms with E-state index in [0.29, 0.717) is 0 Å². The molecule has 1 aromatic rings. The first-order valence-corrected chi connectivity index (χ1v) is 5.75. The van der Waals surface area contributed by atoms with E-state index < -0.39 is 23.7 Å². The van der Waals surface area contributed by atoms with Crippen molar-refractivity contribution in [3.8, 4) is 0 Å². The zero-order valence-corrected chi connectivity index (χ0v) is 10.4. The Bertz CT molecular complexity index is 501. The summed E-state index contributed by atoms with van der Waals surface area (Å²) in [6.07, 6.45) is -0.0908. The number of rotatable bonds is 6. The number of amides is 1. The number of nitrogens with one attached hydrogen (secondary N) is 1. The van der Waals surface area contributed by atoms with Gasteiger partial charge in [0.25, 0.3) is 5.91 Å². The van der Waals surface area contributed by atoms with E-state index in [4.69, 9.17) is 5.11 Å². The summed E-state index contributed by atoms with van der Waals surface area (Å²) in [5.41, 5.74) is 0.00944. The monoisotopic (exact) mass is 267 g/mol. The minimum Gasteiger partial charge on any atom is -0.480 e. The minimum atomic E-state index is -1.30. The fraction of sp³-hybridized carbons (Fsp3) is 0.308. The van der Waals surface area contributed by atoms with Crippen LogP contribution in [0.5, 0.6) is 0 Å². The van der Waals surface area contributed by atoms with Crippen LogP contribution in [0.3, 0.4) is 0 Å². The third-order valence-electron chi connectivity index (χ3n) is 2.52. The summed E-state index contributed by atoms with van der Waals surface area (Å²) in [5, 5.41) is 11.1. The number of benzene rings is 1. The van der Waals surface area contributed by atoms with E-state index >= 15 is 0 Å². The molecule has 2 N–H and O–H groups in total. The van der Waals surface area contributed by atoms with Gasteiger partial charge in [-0.15, -0.1) is 0 Å². The van der Waals surface area contributed by atoms with Crippen LogP contribution in [-0.2, 0) is 9.59 Å². The summed E-state index contributed by atoms with van der Waals surface area (Å²) < 4.78 is 12.9. The summed E-state index contributed by atoms with van der Waals surface area (Å²) >= 11 is 0. The average Bonchev–Trinajstić information content (AvgIpc) is 2.37. The molecule has 5 nitrogen and oxygen atoms in total. The molecule has 1 aromatic carbocycles. The molecule has 0 aliphatic rings. The molecule has 0 fully saturated rings. The molecule has 0 saturated heterocycles. The van der Waals surface area contributed by atoms with Crippen molar-refractivity contribution in [2.75, 3.05) is 0 Å². The van der Waals surface area contributed by atoms with E-state index in [2.05, 4.69) is 5.32 Å². The standard InChI is InChI=1S/C13H14FNO4/c1-2-10(16)7-11(13(18)19)15-12(17)8-4-3-5-9(14)6-8/h3-6,11H,2,7H2,1H3,(H,15,17)(H,18,19). The molecule has 0 bridgehead atoms. The Kier molecular flexibility index (Phi) is 5.17. The zero-order chi connectivity index (χ0) is 14.4. The van der Waals surface area contributed by atoms with Crippen LogP contribution in [-0.4, -0.2) is 28.8 Å². The van der Waals surface area contributed by atoms with Gasteiger partial charge in [0.1, 0.15) is 17.6 Å². The van der Waals surface area contributed by atoms with Crippen molar-refractivity contribution in [1.29, 1.82) is 0 Å². The largest absolute Gasteiger partial charge is 0.480 e. The fourth-order valence-electron chi connectivity index (χ4n) is 1.44. The molecule has 0 radical (unpaired) electrons. The lowest BCUT2D eigenvalue weighted by atomic mass is 10.1. The summed E-state index contributed by atoms with van der Waals surface area (Å²) in [4.78, 5) is 33.9. The van der Waals surface area contributed by atoms with Gasteiger partial charge in [-0.25, -0.2) is 9.18 Å². The number of aliphatic carboxylic acids is 1. The highest BCUT2D eigenvalue weighted by Crippen LogP contribution is 2.05. The SMILES string of the molecule is CCC(=O)CC(NC(=O)c1cccc(F)c1)C(=O)O. The van der Waals surface area contributed by atoms with E-state index in [0.717, 1.165) is 6.07 Å². The summed E-state index contributed by atoms with van der Waals surface area (Å²) in [7, 11) is 0. The predicted octanol–water partition coefficient (Wildman–Crippen LogP) is 1.38. The quantitative estimate of drug-likeness (QED) is 0.815. The summed E-state index contributed by atoms with van der Waals surface area (Å²) in [5.74, 6) is -2.89. The topological polar surface area (TPSA) is 83.5 Å². The molecule has 1 amide bonds. The first-order valence-electron chi connectivity index (χ1n) is 5.75. The smallest absolute Gasteiger partial charge is 0.326 e. The molecular weight excluding hydrogens is 253 g/mol. The van der Waals surface area contributed by atoms with Crippen LogP contribution in [0, 0.1) is 5.82 Å². The third kappa shape index (κ3) is 4.50. The number of carboxylic acid groups (broad SMARTS) is 1. The van der Waals surface area contributed by atoms with Crippen molar-refractivity contribution in [1.82, 2.24) is 5.32 Å². The summed E-state index contributed by atoms with van der Waals surface area (Å²) in [6.45, 7) is 1.61. The number of carbonyl (C=O) groups excluding carboxylic acids is 2. The van der Waals surface area contributed by atoms with Gasteiger partial charge in [0.15, 0.2) is 0 Å². The number of hydrogen-bond donors (Lipinski definition) is 2. The molecule has 19 heavy (non-hydrogen) atoms. The van der Waals surface area contributed by atoms with Crippen molar-refractivity contribution in [3.05, 3.63) is 35.6 Å². The molecule has 0 spiro atoms. The van der Waals surface area contributed by atoms with Gasteiger partial charge in [-0.3, -0.25) is 9.59 Å². The molecule has 0 aliphatic heterocycles. The molecule has 0 aromatic heterocycles. The van der Waals surface area contributed by atoms with Crippen LogP contribution in [0.1, 0.15) is 30.1 Å². The van der Waals surface area contributed by atoms with E-state index in [-0.39, 0.29) is 24.2 Å². The Hall–Kier alpha value is -2.24. The molecule has 1 unspecified atom stereocenters. The second-order valence-electron chi connectivity index (χ2n) is 3.97. The third-order valence-corrected chi connectivity index (χ3v) is 2.52. The van der Waals surface area contributed by atoms with Gasteiger partial charge in [0.2, 0.25) is 0 Å². The molecule has 6 heteroatoms. The maximum atomic E-state index is 12.9. The van der Waals surface area contributed by atoms with E-state index in [9.17, 15) is 18.8 Å². The molecule has 0 saturated carbocycles. The van der Waals surface area contributed by atoms with Crippen LogP contribution >= 0.6 is 0 Å². The Balaban J connectivity index is 2.77. The maximum Gasteiger partial charge on any atom is 0.326 e. The van der Waals surface area contributed by atoms with Crippen LogP contribution < -0.4 is 5.32 Å². The number of Topliss-reactive ketones (excluding diaryl/α,β-unsaturated/α-hetero) is 1. The first kappa shape index (κ1) is 14.8. The Morgan fingerprint density at radius 1 is 1.37 bits per heavy atom. The highest BCUT2D eigenvalue weighted by Gasteiger charge is 2.23. The Labute approximate surface area is 109 Å². The van der Waals surface area contributed by atoms with Crippen LogP contribution in [0.25, 0.3) is 0 Å². The predicted molar refractivity (Wildman–Crippen MR) is 65.2 cm³/mol. The highest BCUT2D eigenvalue weighted by atomic mass is 19.1. The number of carbonyl (C=O) groups is 3. The molecule has 102 valence electrons. The molecule has 1 rings (SSSR count). The van der Waals surface area contributed by atoms with Crippen LogP contribution in [0.15, 0.2) is 24.3 Å². The van der Waals surface area contributed by atoms with Gasteiger partial charge in [-0.2, -0.15) is 0 Å². The van der Waals surface area contributed by atoms with Crippen molar-refractivity contribution >= 4 is 17.7 Å². The second kappa shape index (κ2) is 6.63. The maximum absolute atomic E-state index is 12.9. The summed E-state index contributed by atoms with van der Waals surface area (Å²) in [6, 6.07) is 3.57. The Morgan fingerprint density at radius 3 is 2.58 bits per heavy atom. The van der Waals surface area contributed by atoms with Gasteiger partial charge >= 0.3 is 5.97 Å². The van der Waals surface area contributed by atoms with Crippen LogP contribution in [0.4, 0.5) is 4.39 Å².